The fraction of sp³-hybridized carbons (Fsp3) is 0.0909. The van der Waals surface area contributed by atoms with Gasteiger partial charge >= 0.3 is 5.24 Å². The number of allylic oxidation sites excluding steroid dienone is 1. The van der Waals surface area contributed by atoms with Crippen LogP contribution in [0.5, 0.6) is 0 Å². The molecule has 1 aliphatic heterocycles. The van der Waals surface area contributed by atoms with E-state index in [0.29, 0.717) is 5.84 Å². The number of amides is 1. The van der Waals surface area contributed by atoms with Gasteiger partial charge in [0.05, 0.1) is 4.91 Å². The molecule has 15 heavy (non-hydrogen) atoms. The Morgan fingerprint density at radius 1 is 1.33 bits per heavy atom. The lowest BCUT2D eigenvalue weighted by Crippen LogP contribution is -2.09. The number of nitrogens with zero attached hydrogens (tertiary/aromatic N) is 1. The van der Waals surface area contributed by atoms with Crippen LogP contribution < -0.4 is 5.73 Å². The number of carbonyl (C=O) groups excluding carboxylic acids is 1. The van der Waals surface area contributed by atoms with E-state index in [2.05, 4.69) is 4.99 Å². The summed E-state index contributed by atoms with van der Waals surface area (Å²) in [5.74, 6) is 0.334. The van der Waals surface area contributed by atoms with Crippen LogP contribution in [0.1, 0.15) is 5.56 Å². The Hall–Kier alpha value is -1.55. The molecule has 76 valence electrons. The van der Waals surface area contributed by atoms with Crippen LogP contribution in [-0.2, 0) is 6.42 Å². The minimum Gasteiger partial charge on any atom is -0.383 e. The minimum absolute atomic E-state index is 0.230. The fourth-order valence-electron chi connectivity index (χ4n) is 1.29. The molecule has 0 bridgehead atoms. The van der Waals surface area contributed by atoms with Crippen molar-refractivity contribution in [3.63, 3.8) is 0 Å². The smallest absolute Gasteiger partial charge is 0.311 e. The third-order valence-corrected chi connectivity index (χ3v) is 2.89. The van der Waals surface area contributed by atoms with Gasteiger partial charge in [0.1, 0.15) is 5.84 Å². The van der Waals surface area contributed by atoms with Crippen LogP contribution in [-0.4, -0.2) is 11.1 Å². The number of amidine groups is 1. The second-order valence-electron chi connectivity index (χ2n) is 3.12. The zero-order valence-electron chi connectivity index (χ0n) is 8.01. The fourth-order valence-corrected chi connectivity index (χ4v) is 1.94. The minimum atomic E-state index is -0.230. The molecular weight excluding hydrogens is 208 g/mol. The van der Waals surface area contributed by atoms with Crippen LogP contribution in [0.4, 0.5) is 4.79 Å². The molecule has 0 aromatic heterocycles. The van der Waals surface area contributed by atoms with Crippen molar-refractivity contribution in [1.82, 2.24) is 0 Å². The van der Waals surface area contributed by atoms with Crippen molar-refractivity contribution in [2.75, 3.05) is 0 Å². The molecule has 4 heteroatoms. The number of hydrogen-bond donors (Lipinski definition) is 1. The molecule has 1 aromatic carbocycles. The van der Waals surface area contributed by atoms with E-state index in [1.807, 2.05) is 36.4 Å². The van der Waals surface area contributed by atoms with Crippen molar-refractivity contribution in [3.05, 3.63) is 46.9 Å². The van der Waals surface area contributed by atoms with Gasteiger partial charge in [0.15, 0.2) is 0 Å². The molecule has 0 radical (unpaired) electrons. The molecule has 0 saturated carbocycles. The van der Waals surface area contributed by atoms with Gasteiger partial charge in [-0.25, -0.2) is 0 Å². The van der Waals surface area contributed by atoms with Crippen LogP contribution in [0.25, 0.3) is 0 Å². The van der Waals surface area contributed by atoms with Crippen LogP contribution in [0.15, 0.2) is 46.3 Å². The van der Waals surface area contributed by atoms with Crippen molar-refractivity contribution in [3.8, 4) is 0 Å². The van der Waals surface area contributed by atoms with E-state index < -0.39 is 0 Å². The molecule has 2 rings (SSSR count). The summed E-state index contributed by atoms with van der Waals surface area (Å²) < 4.78 is 0. The van der Waals surface area contributed by atoms with E-state index in [0.717, 1.165) is 23.1 Å². The second kappa shape index (κ2) is 4.31. The highest BCUT2D eigenvalue weighted by molar-refractivity contribution is 8.18. The Bertz CT molecular complexity index is 437. The number of nitrogens with two attached hydrogens (primary N) is 1. The van der Waals surface area contributed by atoms with E-state index in [-0.39, 0.29) is 5.24 Å². The summed E-state index contributed by atoms with van der Waals surface area (Å²) in [6, 6.07) is 10.0. The number of benzene rings is 1. The molecule has 2 N–H and O–H groups in total. The predicted octanol–water partition coefficient (Wildman–Crippen LogP) is 2.34. The first-order chi connectivity index (χ1) is 7.25. The number of aliphatic imine (C=N–C) groups is 1. The highest BCUT2D eigenvalue weighted by Crippen LogP contribution is 2.25. The van der Waals surface area contributed by atoms with Gasteiger partial charge in [0.25, 0.3) is 0 Å². The van der Waals surface area contributed by atoms with Crippen molar-refractivity contribution in [2.45, 2.75) is 6.42 Å². The van der Waals surface area contributed by atoms with E-state index in [4.69, 9.17) is 5.73 Å². The Labute approximate surface area is 92.1 Å². The molecule has 1 amide bonds. The second-order valence-corrected chi connectivity index (χ2v) is 4.12. The Balaban J connectivity index is 2.08. The van der Waals surface area contributed by atoms with Crippen molar-refractivity contribution in [1.29, 1.82) is 0 Å². The summed E-state index contributed by atoms with van der Waals surface area (Å²) in [7, 11) is 0. The summed E-state index contributed by atoms with van der Waals surface area (Å²) in [6.45, 7) is 0. The van der Waals surface area contributed by atoms with Gasteiger partial charge in [-0.1, -0.05) is 36.4 Å². The molecule has 1 aliphatic rings. The first-order valence-corrected chi connectivity index (χ1v) is 5.38. The molecule has 1 heterocycles. The maximum atomic E-state index is 10.9. The maximum Gasteiger partial charge on any atom is 0.311 e. The Morgan fingerprint density at radius 2 is 2.07 bits per heavy atom. The Kier molecular flexibility index (Phi) is 2.87. The topological polar surface area (TPSA) is 55.4 Å². The van der Waals surface area contributed by atoms with Gasteiger partial charge in [-0.05, 0) is 23.7 Å². The standard InChI is InChI=1S/C11H10N2OS/c12-10-9(15-11(14)13-10)7-6-8-4-2-1-3-5-8/h1-5,7H,6H2,(H2,12,13,14)/b9-7-. The number of carbonyl (C=O) groups is 1. The third-order valence-electron chi connectivity index (χ3n) is 2.03. The zero-order chi connectivity index (χ0) is 10.7. The van der Waals surface area contributed by atoms with Gasteiger partial charge in [0.2, 0.25) is 0 Å². The van der Waals surface area contributed by atoms with Crippen LogP contribution in [0.3, 0.4) is 0 Å². The largest absolute Gasteiger partial charge is 0.383 e. The first kappa shape index (κ1) is 9.98. The zero-order valence-corrected chi connectivity index (χ0v) is 8.83. The molecule has 1 aromatic rings. The van der Waals surface area contributed by atoms with E-state index in [9.17, 15) is 4.79 Å². The highest BCUT2D eigenvalue weighted by atomic mass is 32.2. The van der Waals surface area contributed by atoms with Crippen LogP contribution in [0, 0.1) is 0 Å². The van der Waals surface area contributed by atoms with Gasteiger partial charge in [-0.3, -0.25) is 4.79 Å². The lowest BCUT2D eigenvalue weighted by atomic mass is 10.1. The summed E-state index contributed by atoms with van der Waals surface area (Å²) in [4.78, 5) is 15.3. The lowest BCUT2D eigenvalue weighted by molar-refractivity contribution is 0.268. The third kappa shape index (κ3) is 2.47. The van der Waals surface area contributed by atoms with E-state index in [1.54, 1.807) is 0 Å². The summed E-state index contributed by atoms with van der Waals surface area (Å²) in [5.41, 5.74) is 6.77. The van der Waals surface area contributed by atoms with Crippen LogP contribution in [0.2, 0.25) is 0 Å². The van der Waals surface area contributed by atoms with Crippen molar-refractivity contribution >= 4 is 22.8 Å². The summed E-state index contributed by atoms with van der Waals surface area (Å²) >= 11 is 1.09. The molecule has 0 saturated heterocycles. The Morgan fingerprint density at radius 3 is 2.67 bits per heavy atom. The van der Waals surface area contributed by atoms with Crippen LogP contribution >= 0.6 is 11.8 Å². The summed E-state index contributed by atoms with van der Waals surface area (Å²) in [5, 5.41) is -0.230. The quantitative estimate of drug-likeness (QED) is 0.828. The maximum absolute atomic E-state index is 10.9. The van der Waals surface area contributed by atoms with Gasteiger partial charge < -0.3 is 5.73 Å². The first-order valence-electron chi connectivity index (χ1n) is 4.56. The van der Waals surface area contributed by atoms with Gasteiger partial charge in [-0.15, -0.1) is 0 Å². The molecule has 0 spiro atoms. The SMILES string of the molecule is NC1=NC(=O)S/C1=C\Cc1ccccc1. The normalized spacial score (nSPS) is 18.3. The average molecular weight is 218 g/mol. The molecule has 0 aliphatic carbocycles. The molecule has 0 atom stereocenters. The van der Waals surface area contributed by atoms with E-state index in [1.165, 1.54) is 5.56 Å². The van der Waals surface area contributed by atoms with Crippen molar-refractivity contribution in [2.24, 2.45) is 10.7 Å². The molecular formula is C11H10N2OS. The number of thioether (sulfide) groups is 1. The highest BCUT2D eigenvalue weighted by Gasteiger charge is 2.17. The van der Waals surface area contributed by atoms with Crippen molar-refractivity contribution < 1.29 is 4.79 Å². The molecule has 0 fully saturated rings. The monoisotopic (exact) mass is 218 g/mol. The predicted molar refractivity (Wildman–Crippen MR) is 62.8 cm³/mol. The molecule has 3 nitrogen and oxygen atoms in total. The van der Waals surface area contributed by atoms with Gasteiger partial charge in [-0.2, -0.15) is 4.99 Å². The van der Waals surface area contributed by atoms with Gasteiger partial charge in [0, 0.05) is 0 Å². The molecule has 0 unspecified atom stereocenters. The average Bonchev–Trinajstić information content (AvgIpc) is 2.56. The van der Waals surface area contributed by atoms with E-state index >= 15 is 0 Å². The summed E-state index contributed by atoms with van der Waals surface area (Å²) in [6.07, 6.45) is 2.70. The lowest BCUT2D eigenvalue weighted by Gasteiger charge is -1.97. The number of rotatable bonds is 2. The number of hydrogen-bond acceptors (Lipinski definition) is 3.